The molecule has 3 rings (SSSR count). The second kappa shape index (κ2) is 9.53. The van der Waals surface area contributed by atoms with Crippen LogP contribution in [0.3, 0.4) is 0 Å². The first-order valence-corrected chi connectivity index (χ1v) is 10.7. The van der Waals surface area contributed by atoms with E-state index in [1.54, 1.807) is 0 Å². The second-order valence-electron chi connectivity index (χ2n) is 8.86. The van der Waals surface area contributed by atoms with Crippen molar-refractivity contribution >= 4 is 5.91 Å². The highest BCUT2D eigenvalue weighted by Crippen LogP contribution is 2.26. The van der Waals surface area contributed by atoms with Crippen LogP contribution in [0.4, 0.5) is 0 Å². The molecule has 6 nitrogen and oxygen atoms in total. The Morgan fingerprint density at radius 2 is 1.90 bits per heavy atom. The van der Waals surface area contributed by atoms with E-state index in [0.29, 0.717) is 30.1 Å². The molecule has 0 saturated carbocycles. The van der Waals surface area contributed by atoms with Gasteiger partial charge in [-0.15, -0.1) is 0 Å². The van der Waals surface area contributed by atoms with E-state index in [-0.39, 0.29) is 17.9 Å². The lowest BCUT2D eigenvalue weighted by molar-refractivity contribution is -0.123. The highest BCUT2D eigenvalue weighted by Gasteiger charge is 2.27. The molecule has 1 N–H and O–H groups in total. The number of nitrogens with one attached hydrogen (secondary N) is 1. The first kappa shape index (κ1) is 21.5. The van der Waals surface area contributed by atoms with E-state index in [1.165, 1.54) is 5.56 Å². The van der Waals surface area contributed by atoms with Crippen molar-refractivity contribution in [3.05, 3.63) is 47.1 Å². The summed E-state index contributed by atoms with van der Waals surface area (Å²) >= 11 is 0. The molecule has 1 saturated heterocycles. The molecule has 1 amide bonds. The van der Waals surface area contributed by atoms with Gasteiger partial charge in [-0.3, -0.25) is 9.69 Å². The zero-order valence-corrected chi connectivity index (χ0v) is 18.3. The summed E-state index contributed by atoms with van der Waals surface area (Å²) in [4.78, 5) is 19.4. The van der Waals surface area contributed by atoms with Crippen LogP contribution in [0.2, 0.25) is 0 Å². The normalized spacial score (nSPS) is 18.9. The Bertz CT molecular complexity index is 797. The molecule has 0 bridgehead atoms. The summed E-state index contributed by atoms with van der Waals surface area (Å²) in [6.07, 6.45) is 2.06. The number of aryl methyl sites for hydroxylation is 1. The Morgan fingerprint density at radius 1 is 1.21 bits per heavy atom. The van der Waals surface area contributed by atoms with Gasteiger partial charge in [0.05, 0.1) is 18.5 Å². The molecule has 2 atom stereocenters. The Hall–Kier alpha value is -2.21. The summed E-state index contributed by atoms with van der Waals surface area (Å²) < 4.78 is 5.35. The number of amides is 1. The minimum Gasteiger partial charge on any atom is -0.348 e. The van der Waals surface area contributed by atoms with Gasteiger partial charge in [-0.25, -0.2) is 0 Å². The molecule has 1 aromatic carbocycles. The average molecular weight is 399 g/mol. The maximum Gasteiger partial charge on any atom is 0.234 e. The first-order valence-electron chi connectivity index (χ1n) is 10.7. The molecule has 2 unspecified atom stereocenters. The van der Waals surface area contributed by atoms with Gasteiger partial charge in [0.25, 0.3) is 0 Å². The number of nitrogens with zero attached hydrogens (tertiary/aromatic N) is 3. The van der Waals surface area contributed by atoms with Crippen molar-refractivity contribution in [1.29, 1.82) is 0 Å². The van der Waals surface area contributed by atoms with Crippen molar-refractivity contribution in [2.45, 2.75) is 65.3 Å². The van der Waals surface area contributed by atoms with Crippen LogP contribution in [0, 0.1) is 12.8 Å². The van der Waals surface area contributed by atoms with Crippen molar-refractivity contribution < 1.29 is 9.32 Å². The molecule has 2 heterocycles. The predicted octanol–water partition coefficient (Wildman–Crippen LogP) is 4.19. The minimum atomic E-state index is 0.0166. The van der Waals surface area contributed by atoms with E-state index in [2.05, 4.69) is 72.3 Å². The average Bonchev–Trinajstić information content (AvgIpc) is 3.12. The van der Waals surface area contributed by atoms with Crippen molar-refractivity contribution in [2.24, 2.45) is 5.92 Å². The van der Waals surface area contributed by atoms with E-state index in [9.17, 15) is 4.79 Å². The van der Waals surface area contributed by atoms with Gasteiger partial charge in [0.2, 0.25) is 11.8 Å². The third kappa shape index (κ3) is 5.66. The van der Waals surface area contributed by atoms with Crippen molar-refractivity contribution in [1.82, 2.24) is 20.4 Å². The van der Waals surface area contributed by atoms with Crippen LogP contribution in [-0.4, -0.2) is 40.6 Å². The molecule has 1 aliphatic rings. The molecule has 6 heteroatoms. The van der Waals surface area contributed by atoms with E-state index >= 15 is 0 Å². The molecular weight excluding hydrogens is 364 g/mol. The van der Waals surface area contributed by atoms with E-state index in [1.807, 2.05) is 6.92 Å². The third-order valence-corrected chi connectivity index (χ3v) is 5.71. The van der Waals surface area contributed by atoms with Crippen LogP contribution in [0.5, 0.6) is 0 Å². The van der Waals surface area contributed by atoms with Crippen molar-refractivity contribution in [2.75, 3.05) is 19.6 Å². The van der Waals surface area contributed by atoms with Gasteiger partial charge < -0.3 is 9.84 Å². The zero-order chi connectivity index (χ0) is 21.0. The molecule has 0 radical (unpaired) electrons. The van der Waals surface area contributed by atoms with Crippen LogP contribution in [0.15, 0.2) is 28.8 Å². The van der Waals surface area contributed by atoms with Crippen LogP contribution in [-0.2, 0) is 4.79 Å². The van der Waals surface area contributed by atoms with Crippen LogP contribution in [0.25, 0.3) is 0 Å². The first-order chi connectivity index (χ1) is 13.8. The van der Waals surface area contributed by atoms with Crippen LogP contribution in [0.1, 0.15) is 81.3 Å². The monoisotopic (exact) mass is 398 g/mol. The number of carbonyl (C=O) groups is 1. The summed E-state index contributed by atoms with van der Waals surface area (Å²) in [5.41, 5.74) is 2.48. The molecule has 0 spiro atoms. The Kier molecular flexibility index (Phi) is 7.06. The number of aromatic nitrogens is 2. The molecule has 1 fully saturated rings. The fourth-order valence-electron chi connectivity index (χ4n) is 4.02. The predicted molar refractivity (Wildman–Crippen MR) is 114 cm³/mol. The fourth-order valence-corrected chi connectivity index (χ4v) is 4.02. The van der Waals surface area contributed by atoms with Gasteiger partial charge in [-0.2, -0.15) is 4.98 Å². The standard InChI is InChI=1S/C23H34N4O2/c1-15(2)18-8-10-19(11-9-18)22(16(3)4)25-21(28)14-27-12-6-7-20(13-27)23-24-17(5)26-29-23/h8-11,15-16,20,22H,6-7,12-14H2,1-5H3,(H,25,28). The Labute approximate surface area is 174 Å². The van der Waals surface area contributed by atoms with Crippen LogP contribution >= 0.6 is 0 Å². The third-order valence-electron chi connectivity index (χ3n) is 5.71. The highest BCUT2D eigenvalue weighted by molar-refractivity contribution is 5.78. The SMILES string of the molecule is Cc1noc(C2CCCN(CC(=O)NC(c3ccc(C(C)C)cc3)C(C)C)C2)n1. The maximum absolute atomic E-state index is 12.8. The second-order valence-corrected chi connectivity index (χ2v) is 8.86. The molecule has 158 valence electrons. The van der Waals surface area contributed by atoms with Crippen LogP contribution < -0.4 is 5.32 Å². The lowest BCUT2D eigenvalue weighted by Crippen LogP contribution is -2.43. The van der Waals surface area contributed by atoms with E-state index < -0.39 is 0 Å². The summed E-state index contributed by atoms with van der Waals surface area (Å²) in [5.74, 6) is 2.46. The smallest absolute Gasteiger partial charge is 0.234 e. The van der Waals surface area contributed by atoms with Gasteiger partial charge in [0.15, 0.2) is 5.82 Å². The lowest BCUT2D eigenvalue weighted by Gasteiger charge is -2.31. The molecule has 2 aromatic rings. The Morgan fingerprint density at radius 3 is 2.48 bits per heavy atom. The van der Waals surface area contributed by atoms with E-state index in [0.717, 1.165) is 31.5 Å². The molecule has 1 aromatic heterocycles. The number of rotatable bonds is 7. The maximum atomic E-state index is 12.8. The highest BCUT2D eigenvalue weighted by atomic mass is 16.5. The number of likely N-dealkylation sites (tertiary alicyclic amines) is 1. The number of carbonyl (C=O) groups excluding carboxylic acids is 1. The molecule has 29 heavy (non-hydrogen) atoms. The van der Waals surface area contributed by atoms with Gasteiger partial charge in [0, 0.05) is 6.54 Å². The van der Waals surface area contributed by atoms with Crippen molar-refractivity contribution in [3.63, 3.8) is 0 Å². The summed E-state index contributed by atoms with van der Waals surface area (Å²) in [7, 11) is 0. The number of piperidine rings is 1. The number of benzene rings is 1. The minimum absolute atomic E-state index is 0.0166. The lowest BCUT2D eigenvalue weighted by atomic mass is 9.93. The number of hydrogen-bond donors (Lipinski definition) is 1. The summed E-state index contributed by atoms with van der Waals surface area (Å²) in [5, 5.41) is 7.16. The number of hydrogen-bond acceptors (Lipinski definition) is 5. The largest absolute Gasteiger partial charge is 0.348 e. The van der Waals surface area contributed by atoms with Gasteiger partial charge >= 0.3 is 0 Å². The topological polar surface area (TPSA) is 71.3 Å². The Balaban J connectivity index is 1.60. The zero-order valence-electron chi connectivity index (χ0n) is 18.3. The van der Waals surface area contributed by atoms with E-state index in [4.69, 9.17) is 4.52 Å². The van der Waals surface area contributed by atoms with Gasteiger partial charge in [0.1, 0.15) is 0 Å². The van der Waals surface area contributed by atoms with Crippen molar-refractivity contribution in [3.8, 4) is 0 Å². The fraction of sp³-hybridized carbons (Fsp3) is 0.609. The quantitative estimate of drug-likeness (QED) is 0.757. The van der Waals surface area contributed by atoms with Gasteiger partial charge in [-0.1, -0.05) is 57.1 Å². The summed E-state index contributed by atoms with van der Waals surface area (Å²) in [6.45, 7) is 12.6. The molecule has 1 aliphatic heterocycles. The molecular formula is C23H34N4O2. The van der Waals surface area contributed by atoms with Gasteiger partial charge in [-0.05, 0) is 49.3 Å². The molecule has 0 aliphatic carbocycles. The summed E-state index contributed by atoms with van der Waals surface area (Å²) in [6, 6.07) is 8.65.